The maximum absolute atomic E-state index is 5.84. The largest absolute Gasteiger partial charge is 0.497 e. The van der Waals surface area contributed by atoms with E-state index in [1.165, 1.54) is 0 Å². The molecule has 2 N–H and O–H groups in total. The van der Waals surface area contributed by atoms with Gasteiger partial charge in [-0.2, -0.15) is 0 Å². The molecule has 0 aliphatic rings. The van der Waals surface area contributed by atoms with Crippen LogP contribution in [0.15, 0.2) is 54.6 Å². The van der Waals surface area contributed by atoms with Crippen LogP contribution in [-0.4, -0.2) is 20.3 Å². The first-order chi connectivity index (χ1) is 9.33. The average molecular weight is 257 g/mol. The molecule has 2 rings (SSSR count). The van der Waals surface area contributed by atoms with E-state index in [0.29, 0.717) is 13.2 Å². The Labute approximate surface area is 114 Å². The van der Waals surface area contributed by atoms with Crippen molar-refractivity contribution in [3.8, 4) is 11.5 Å². The minimum atomic E-state index is 0.162. The maximum Gasteiger partial charge on any atom is 0.119 e. The fraction of sp³-hybridized carbons (Fsp3) is 0.250. The number of benzene rings is 2. The Morgan fingerprint density at radius 3 is 2.42 bits per heavy atom. The number of rotatable bonds is 6. The highest BCUT2D eigenvalue weighted by molar-refractivity contribution is 5.31. The zero-order valence-electron chi connectivity index (χ0n) is 11.1. The zero-order chi connectivity index (χ0) is 13.5. The summed E-state index contributed by atoms with van der Waals surface area (Å²) in [5, 5.41) is 0. The van der Waals surface area contributed by atoms with Crippen LogP contribution < -0.4 is 15.2 Å². The average Bonchev–Trinajstić information content (AvgIpc) is 2.49. The van der Waals surface area contributed by atoms with Gasteiger partial charge in [-0.15, -0.1) is 0 Å². The molecular weight excluding hydrogens is 238 g/mol. The van der Waals surface area contributed by atoms with Gasteiger partial charge in [-0.1, -0.05) is 30.3 Å². The summed E-state index contributed by atoms with van der Waals surface area (Å²) >= 11 is 0. The van der Waals surface area contributed by atoms with E-state index < -0.39 is 0 Å². The van der Waals surface area contributed by atoms with E-state index in [4.69, 9.17) is 15.2 Å². The number of para-hydroxylation sites is 1. The molecule has 0 spiro atoms. The molecule has 0 bridgehead atoms. The van der Waals surface area contributed by atoms with Crippen molar-refractivity contribution in [2.24, 2.45) is 5.73 Å². The molecule has 0 aliphatic carbocycles. The summed E-state index contributed by atoms with van der Waals surface area (Å²) in [6.07, 6.45) is 0. The van der Waals surface area contributed by atoms with Crippen molar-refractivity contribution < 1.29 is 9.47 Å². The number of methoxy groups -OCH3 is 1. The van der Waals surface area contributed by atoms with Crippen molar-refractivity contribution >= 4 is 0 Å². The molecule has 0 amide bonds. The number of ether oxygens (including phenoxy) is 2. The van der Waals surface area contributed by atoms with Gasteiger partial charge < -0.3 is 15.2 Å². The third kappa shape index (κ3) is 3.73. The van der Waals surface area contributed by atoms with Crippen LogP contribution in [0.5, 0.6) is 11.5 Å². The van der Waals surface area contributed by atoms with Gasteiger partial charge in [0.2, 0.25) is 0 Å². The zero-order valence-corrected chi connectivity index (χ0v) is 11.1. The van der Waals surface area contributed by atoms with Gasteiger partial charge >= 0.3 is 0 Å². The van der Waals surface area contributed by atoms with E-state index in [1.54, 1.807) is 7.11 Å². The minimum absolute atomic E-state index is 0.162. The number of nitrogens with two attached hydrogens (primary N) is 1. The highest BCUT2D eigenvalue weighted by atomic mass is 16.5. The van der Waals surface area contributed by atoms with Crippen molar-refractivity contribution in [1.82, 2.24) is 0 Å². The van der Waals surface area contributed by atoms with Gasteiger partial charge in [0.1, 0.15) is 11.5 Å². The van der Waals surface area contributed by atoms with Crippen molar-refractivity contribution in [3.63, 3.8) is 0 Å². The van der Waals surface area contributed by atoms with E-state index in [1.807, 2.05) is 48.5 Å². The Balaban J connectivity index is 2.03. The van der Waals surface area contributed by atoms with Gasteiger partial charge in [-0.25, -0.2) is 0 Å². The Morgan fingerprint density at radius 2 is 1.74 bits per heavy atom. The number of hydrogen-bond donors (Lipinski definition) is 1. The van der Waals surface area contributed by atoms with Gasteiger partial charge in [0.05, 0.1) is 13.7 Å². The lowest BCUT2D eigenvalue weighted by Gasteiger charge is -2.17. The van der Waals surface area contributed by atoms with Crippen molar-refractivity contribution in [2.75, 3.05) is 20.3 Å². The lowest BCUT2D eigenvalue weighted by atomic mass is 10.00. The van der Waals surface area contributed by atoms with E-state index in [0.717, 1.165) is 17.1 Å². The fourth-order valence-corrected chi connectivity index (χ4v) is 1.91. The van der Waals surface area contributed by atoms with Gasteiger partial charge in [0.25, 0.3) is 0 Å². The summed E-state index contributed by atoms with van der Waals surface area (Å²) in [4.78, 5) is 0. The molecule has 0 radical (unpaired) electrons. The molecule has 0 heterocycles. The van der Waals surface area contributed by atoms with Crippen molar-refractivity contribution in [1.29, 1.82) is 0 Å². The highest BCUT2D eigenvalue weighted by Gasteiger charge is 2.11. The summed E-state index contributed by atoms with van der Waals surface area (Å²) < 4.78 is 11.0. The summed E-state index contributed by atoms with van der Waals surface area (Å²) in [5.41, 5.74) is 6.98. The van der Waals surface area contributed by atoms with Gasteiger partial charge in [-0.3, -0.25) is 0 Å². The molecule has 0 aliphatic heterocycles. The molecule has 1 unspecified atom stereocenters. The second-order valence-corrected chi connectivity index (χ2v) is 4.33. The van der Waals surface area contributed by atoms with Gasteiger partial charge in [0.15, 0.2) is 0 Å². The second kappa shape index (κ2) is 6.81. The van der Waals surface area contributed by atoms with E-state index in [2.05, 4.69) is 6.07 Å². The summed E-state index contributed by atoms with van der Waals surface area (Å²) in [5.74, 6) is 1.87. The Morgan fingerprint density at radius 1 is 1.00 bits per heavy atom. The molecule has 0 saturated heterocycles. The van der Waals surface area contributed by atoms with Gasteiger partial charge in [0, 0.05) is 12.5 Å². The Hall–Kier alpha value is -2.00. The van der Waals surface area contributed by atoms with E-state index >= 15 is 0 Å². The van der Waals surface area contributed by atoms with E-state index in [-0.39, 0.29) is 5.92 Å². The first kappa shape index (κ1) is 13.4. The monoisotopic (exact) mass is 257 g/mol. The molecule has 100 valence electrons. The third-order valence-electron chi connectivity index (χ3n) is 3.04. The molecule has 0 saturated carbocycles. The Kier molecular flexibility index (Phi) is 4.81. The topological polar surface area (TPSA) is 44.5 Å². The van der Waals surface area contributed by atoms with Crippen LogP contribution in [0.4, 0.5) is 0 Å². The quantitative estimate of drug-likeness (QED) is 0.865. The van der Waals surface area contributed by atoms with Gasteiger partial charge in [-0.05, 0) is 29.8 Å². The van der Waals surface area contributed by atoms with Crippen LogP contribution >= 0.6 is 0 Å². The van der Waals surface area contributed by atoms with Crippen LogP contribution in [0.25, 0.3) is 0 Å². The SMILES string of the molecule is COc1cccc(C(CN)COc2ccccc2)c1. The lowest BCUT2D eigenvalue weighted by Crippen LogP contribution is -2.19. The molecule has 3 nitrogen and oxygen atoms in total. The Bertz CT molecular complexity index is 499. The smallest absolute Gasteiger partial charge is 0.119 e. The summed E-state index contributed by atoms with van der Waals surface area (Å²) in [7, 11) is 1.66. The van der Waals surface area contributed by atoms with Crippen LogP contribution in [0.2, 0.25) is 0 Å². The third-order valence-corrected chi connectivity index (χ3v) is 3.04. The molecule has 2 aromatic rings. The fourth-order valence-electron chi connectivity index (χ4n) is 1.91. The highest BCUT2D eigenvalue weighted by Crippen LogP contribution is 2.21. The molecule has 3 heteroatoms. The molecule has 0 fully saturated rings. The van der Waals surface area contributed by atoms with E-state index in [9.17, 15) is 0 Å². The van der Waals surface area contributed by atoms with Crippen LogP contribution in [0.1, 0.15) is 11.5 Å². The maximum atomic E-state index is 5.84. The normalized spacial score (nSPS) is 11.9. The molecule has 1 atom stereocenters. The predicted octanol–water partition coefficient (Wildman–Crippen LogP) is 2.82. The van der Waals surface area contributed by atoms with Crippen molar-refractivity contribution in [3.05, 3.63) is 60.2 Å². The van der Waals surface area contributed by atoms with Crippen LogP contribution in [0.3, 0.4) is 0 Å². The minimum Gasteiger partial charge on any atom is -0.497 e. The molecular formula is C16H19NO2. The number of hydrogen-bond acceptors (Lipinski definition) is 3. The van der Waals surface area contributed by atoms with Crippen LogP contribution in [-0.2, 0) is 0 Å². The lowest BCUT2D eigenvalue weighted by molar-refractivity contribution is 0.290. The first-order valence-corrected chi connectivity index (χ1v) is 6.35. The summed E-state index contributed by atoms with van der Waals surface area (Å²) in [6.45, 7) is 1.10. The predicted molar refractivity (Wildman–Crippen MR) is 76.7 cm³/mol. The van der Waals surface area contributed by atoms with Crippen LogP contribution in [0, 0.1) is 0 Å². The first-order valence-electron chi connectivity index (χ1n) is 6.35. The van der Waals surface area contributed by atoms with Crippen molar-refractivity contribution in [2.45, 2.75) is 5.92 Å². The summed E-state index contributed by atoms with van der Waals surface area (Å²) in [6, 6.07) is 17.7. The standard InChI is InChI=1S/C16H19NO2/c1-18-16-9-5-6-13(10-16)14(11-17)12-19-15-7-3-2-4-8-15/h2-10,14H,11-12,17H2,1H3. The molecule has 0 aromatic heterocycles. The second-order valence-electron chi connectivity index (χ2n) is 4.33. The molecule has 2 aromatic carbocycles. The molecule has 19 heavy (non-hydrogen) atoms.